The molecule has 116 valence electrons. The SMILES string of the molecule is COc1ncc(C(=O)N2CCCCCC2C(F)(F)F)cn1. The minimum absolute atomic E-state index is 0.0342. The molecule has 0 saturated carbocycles. The predicted molar refractivity (Wildman–Crippen MR) is 67.9 cm³/mol. The van der Waals surface area contributed by atoms with E-state index in [9.17, 15) is 18.0 Å². The van der Waals surface area contributed by atoms with Gasteiger partial charge in [-0.3, -0.25) is 4.79 Å². The van der Waals surface area contributed by atoms with Crippen molar-refractivity contribution in [3.05, 3.63) is 18.0 Å². The normalized spacial score (nSPS) is 20.0. The van der Waals surface area contributed by atoms with Crippen LogP contribution in [0.2, 0.25) is 0 Å². The molecule has 8 heteroatoms. The Hall–Kier alpha value is -1.86. The predicted octanol–water partition coefficient (Wildman–Crippen LogP) is 2.43. The molecule has 1 saturated heterocycles. The number of rotatable bonds is 2. The first-order valence-electron chi connectivity index (χ1n) is 6.67. The zero-order valence-electron chi connectivity index (χ0n) is 11.6. The van der Waals surface area contributed by atoms with E-state index in [-0.39, 0.29) is 24.5 Å². The number of nitrogens with zero attached hydrogens (tertiary/aromatic N) is 3. The van der Waals surface area contributed by atoms with E-state index >= 15 is 0 Å². The highest BCUT2D eigenvalue weighted by atomic mass is 19.4. The summed E-state index contributed by atoms with van der Waals surface area (Å²) in [5.74, 6) is -0.693. The monoisotopic (exact) mass is 303 g/mol. The van der Waals surface area contributed by atoms with Crippen molar-refractivity contribution in [2.75, 3.05) is 13.7 Å². The average Bonchev–Trinajstić information content (AvgIpc) is 2.72. The molecule has 0 N–H and O–H groups in total. The minimum atomic E-state index is -4.42. The molecule has 1 aliphatic rings. The number of carbonyl (C=O) groups is 1. The van der Waals surface area contributed by atoms with Crippen LogP contribution in [0.4, 0.5) is 13.2 Å². The summed E-state index contributed by atoms with van der Waals surface area (Å²) in [6.07, 6.45) is -0.392. The molecule has 1 amide bonds. The summed E-state index contributed by atoms with van der Waals surface area (Å²) in [4.78, 5) is 20.7. The Kier molecular flexibility index (Phi) is 4.64. The Bertz CT molecular complexity index is 490. The lowest BCUT2D eigenvalue weighted by molar-refractivity contribution is -0.177. The third-order valence-electron chi connectivity index (χ3n) is 3.45. The van der Waals surface area contributed by atoms with E-state index in [2.05, 4.69) is 9.97 Å². The topological polar surface area (TPSA) is 55.3 Å². The van der Waals surface area contributed by atoms with Crippen LogP contribution >= 0.6 is 0 Å². The fourth-order valence-corrected chi connectivity index (χ4v) is 2.39. The Balaban J connectivity index is 2.24. The van der Waals surface area contributed by atoms with E-state index < -0.39 is 18.1 Å². The molecule has 1 fully saturated rings. The van der Waals surface area contributed by atoms with Gasteiger partial charge < -0.3 is 9.64 Å². The van der Waals surface area contributed by atoms with E-state index in [0.29, 0.717) is 19.3 Å². The second-order valence-electron chi connectivity index (χ2n) is 4.86. The summed E-state index contributed by atoms with van der Waals surface area (Å²) >= 11 is 0. The summed E-state index contributed by atoms with van der Waals surface area (Å²) in [7, 11) is 1.37. The number of hydrogen-bond acceptors (Lipinski definition) is 4. The van der Waals surface area contributed by atoms with Gasteiger partial charge in [-0.2, -0.15) is 13.2 Å². The summed E-state index contributed by atoms with van der Waals surface area (Å²) in [6.45, 7) is 0.0923. The van der Waals surface area contributed by atoms with Gasteiger partial charge in [-0.1, -0.05) is 12.8 Å². The molecule has 1 unspecified atom stereocenters. The number of hydrogen-bond donors (Lipinski definition) is 0. The van der Waals surface area contributed by atoms with Crippen molar-refractivity contribution in [2.24, 2.45) is 0 Å². The van der Waals surface area contributed by atoms with E-state index in [1.54, 1.807) is 0 Å². The quantitative estimate of drug-likeness (QED) is 0.842. The molecule has 2 rings (SSSR count). The molecular formula is C13H16F3N3O2. The molecule has 0 bridgehead atoms. The van der Waals surface area contributed by atoms with Crippen molar-refractivity contribution in [1.29, 1.82) is 0 Å². The lowest BCUT2D eigenvalue weighted by atomic mass is 10.1. The fraction of sp³-hybridized carbons (Fsp3) is 0.615. The summed E-state index contributed by atoms with van der Waals surface area (Å²) < 4.78 is 44.1. The Morgan fingerprint density at radius 2 is 1.95 bits per heavy atom. The Morgan fingerprint density at radius 1 is 1.29 bits per heavy atom. The van der Waals surface area contributed by atoms with Gasteiger partial charge in [-0.05, 0) is 12.8 Å². The zero-order valence-corrected chi connectivity index (χ0v) is 11.6. The molecule has 0 aromatic carbocycles. The van der Waals surface area contributed by atoms with Crippen LogP contribution < -0.4 is 4.74 Å². The molecule has 0 radical (unpaired) electrons. The minimum Gasteiger partial charge on any atom is -0.467 e. The van der Waals surface area contributed by atoms with Crippen LogP contribution in [-0.4, -0.2) is 46.6 Å². The molecule has 21 heavy (non-hydrogen) atoms. The molecule has 5 nitrogen and oxygen atoms in total. The van der Waals surface area contributed by atoms with Crippen LogP contribution in [0.15, 0.2) is 12.4 Å². The average molecular weight is 303 g/mol. The summed E-state index contributed by atoms with van der Waals surface area (Å²) in [6, 6.07) is -1.68. The van der Waals surface area contributed by atoms with Crippen LogP contribution in [0, 0.1) is 0 Å². The Labute approximate surface area is 120 Å². The highest BCUT2D eigenvalue weighted by molar-refractivity contribution is 5.94. The second kappa shape index (κ2) is 6.28. The molecule has 0 aliphatic carbocycles. The second-order valence-corrected chi connectivity index (χ2v) is 4.86. The maximum absolute atomic E-state index is 13.1. The van der Waals surface area contributed by atoms with Gasteiger partial charge >= 0.3 is 12.2 Å². The fourth-order valence-electron chi connectivity index (χ4n) is 2.39. The molecule has 1 aromatic heterocycles. The van der Waals surface area contributed by atoms with Crippen molar-refractivity contribution in [3.63, 3.8) is 0 Å². The highest BCUT2D eigenvalue weighted by Gasteiger charge is 2.45. The van der Waals surface area contributed by atoms with Gasteiger partial charge in [0.05, 0.1) is 12.7 Å². The number of methoxy groups -OCH3 is 1. The Morgan fingerprint density at radius 3 is 2.52 bits per heavy atom. The number of likely N-dealkylation sites (tertiary alicyclic amines) is 1. The largest absolute Gasteiger partial charge is 0.467 e. The van der Waals surface area contributed by atoms with Crippen molar-refractivity contribution < 1.29 is 22.7 Å². The highest BCUT2D eigenvalue weighted by Crippen LogP contribution is 2.32. The van der Waals surface area contributed by atoms with Crippen LogP contribution in [0.3, 0.4) is 0 Å². The van der Waals surface area contributed by atoms with Gasteiger partial charge in [0.25, 0.3) is 5.91 Å². The molecule has 0 spiro atoms. The number of halogens is 3. The summed E-state index contributed by atoms with van der Waals surface area (Å²) in [5, 5.41) is 0. The number of alkyl halides is 3. The van der Waals surface area contributed by atoms with Crippen LogP contribution in [0.1, 0.15) is 36.0 Å². The van der Waals surface area contributed by atoms with Crippen molar-refractivity contribution in [2.45, 2.75) is 37.9 Å². The lowest BCUT2D eigenvalue weighted by Gasteiger charge is -2.31. The summed E-state index contributed by atoms with van der Waals surface area (Å²) in [5.41, 5.74) is 0.0342. The molecule has 1 aromatic rings. The maximum Gasteiger partial charge on any atom is 0.408 e. The lowest BCUT2D eigenvalue weighted by Crippen LogP contribution is -2.48. The van der Waals surface area contributed by atoms with Gasteiger partial charge in [0.1, 0.15) is 6.04 Å². The van der Waals surface area contributed by atoms with Gasteiger partial charge in [-0.15, -0.1) is 0 Å². The van der Waals surface area contributed by atoms with Gasteiger partial charge in [0.15, 0.2) is 0 Å². The van der Waals surface area contributed by atoms with Crippen LogP contribution in [-0.2, 0) is 0 Å². The zero-order chi connectivity index (χ0) is 15.5. The number of aromatic nitrogens is 2. The molecular weight excluding hydrogens is 287 g/mol. The molecule has 2 heterocycles. The van der Waals surface area contributed by atoms with E-state index in [1.807, 2.05) is 0 Å². The third kappa shape index (κ3) is 3.62. The van der Waals surface area contributed by atoms with Gasteiger partial charge in [-0.25, -0.2) is 9.97 Å². The van der Waals surface area contributed by atoms with Crippen molar-refractivity contribution in [1.82, 2.24) is 14.9 Å². The smallest absolute Gasteiger partial charge is 0.408 e. The van der Waals surface area contributed by atoms with Crippen molar-refractivity contribution in [3.8, 4) is 6.01 Å². The number of amides is 1. The molecule has 1 atom stereocenters. The number of ether oxygens (including phenoxy) is 1. The van der Waals surface area contributed by atoms with Crippen LogP contribution in [0.25, 0.3) is 0 Å². The van der Waals surface area contributed by atoms with Gasteiger partial charge in [0.2, 0.25) is 0 Å². The van der Waals surface area contributed by atoms with Crippen molar-refractivity contribution >= 4 is 5.91 Å². The van der Waals surface area contributed by atoms with E-state index in [1.165, 1.54) is 19.5 Å². The van der Waals surface area contributed by atoms with Crippen LogP contribution in [0.5, 0.6) is 6.01 Å². The first-order valence-corrected chi connectivity index (χ1v) is 6.67. The molecule has 1 aliphatic heterocycles. The van der Waals surface area contributed by atoms with E-state index in [0.717, 1.165) is 4.90 Å². The van der Waals surface area contributed by atoms with E-state index in [4.69, 9.17) is 4.74 Å². The van der Waals surface area contributed by atoms with Gasteiger partial charge in [0, 0.05) is 18.9 Å². The standard InChI is InChI=1S/C13H16F3N3O2/c1-21-12-17-7-9(8-18-12)11(20)19-6-4-2-3-5-10(19)13(14,15)16/h7-8,10H,2-6H2,1H3. The maximum atomic E-state index is 13.1. The first kappa shape index (κ1) is 15.5. The third-order valence-corrected chi connectivity index (χ3v) is 3.45. The number of carbonyl (C=O) groups excluding carboxylic acids is 1. The first-order chi connectivity index (χ1) is 9.93.